The third kappa shape index (κ3) is 4.83. The van der Waals surface area contributed by atoms with Crippen LogP contribution in [0, 0.1) is 6.92 Å². The lowest BCUT2D eigenvalue weighted by atomic mass is 10.1. The molecular weight excluding hydrogens is 404 g/mol. The first-order valence-corrected chi connectivity index (χ1v) is 11.5. The van der Waals surface area contributed by atoms with Gasteiger partial charge in [0.25, 0.3) is 0 Å². The molecule has 3 aromatic heterocycles. The van der Waals surface area contributed by atoms with Gasteiger partial charge in [0.15, 0.2) is 5.82 Å². The van der Waals surface area contributed by atoms with Crippen molar-refractivity contribution in [2.24, 2.45) is 0 Å². The average Bonchev–Trinajstić information content (AvgIpc) is 3.11. The highest BCUT2D eigenvalue weighted by molar-refractivity contribution is 5.90. The number of pyridine rings is 1. The lowest BCUT2D eigenvalue weighted by molar-refractivity contribution is 0.137. The smallest absolute Gasteiger partial charge is 0.228 e. The average molecular weight is 439 g/mol. The third-order valence-corrected chi connectivity index (χ3v) is 5.63. The van der Waals surface area contributed by atoms with Crippen LogP contribution in [-0.2, 0) is 17.7 Å². The molecule has 9 heteroatoms. The molecule has 0 radical (unpaired) electrons. The van der Waals surface area contributed by atoms with Crippen LogP contribution in [0.15, 0.2) is 18.3 Å². The van der Waals surface area contributed by atoms with Crippen molar-refractivity contribution in [1.29, 1.82) is 0 Å². The molecule has 1 fully saturated rings. The van der Waals surface area contributed by atoms with Crippen molar-refractivity contribution in [2.45, 2.75) is 59.7 Å². The summed E-state index contributed by atoms with van der Waals surface area (Å²) in [6.07, 6.45) is 2.60. The zero-order valence-corrected chi connectivity index (χ0v) is 19.7. The molecule has 4 rings (SSSR count). The topological polar surface area (TPSA) is 93.0 Å². The molecule has 172 valence electrons. The van der Waals surface area contributed by atoms with Gasteiger partial charge in [-0.05, 0) is 51.8 Å². The Hall–Kier alpha value is -2.78. The monoisotopic (exact) mass is 438 g/mol. The van der Waals surface area contributed by atoms with Crippen molar-refractivity contribution in [1.82, 2.24) is 30.0 Å². The predicted octanol–water partition coefficient (Wildman–Crippen LogP) is 3.06. The zero-order valence-electron chi connectivity index (χ0n) is 19.7. The number of anilines is 3. The quantitative estimate of drug-likeness (QED) is 0.519. The summed E-state index contributed by atoms with van der Waals surface area (Å²) in [6.45, 7) is 14.2. The first-order valence-electron chi connectivity index (χ1n) is 11.5. The molecule has 3 aromatic rings. The maximum absolute atomic E-state index is 5.60. The van der Waals surface area contributed by atoms with Crippen molar-refractivity contribution >= 4 is 28.6 Å². The molecule has 0 aliphatic carbocycles. The summed E-state index contributed by atoms with van der Waals surface area (Å²) in [5.41, 5.74) is 3.89. The van der Waals surface area contributed by atoms with Gasteiger partial charge in [0.1, 0.15) is 16.9 Å². The Bertz CT molecular complexity index is 1060. The molecular formula is C23H34N8O. The molecule has 4 heterocycles. The third-order valence-electron chi connectivity index (χ3n) is 5.63. The summed E-state index contributed by atoms with van der Waals surface area (Å²) >= 11 is 0. The summed E-state index contributed by atoms with van der Waals surface area (Å²) in [5, 5.41) is 11.9. The van der Waals surface area contributed by atoms with Crippen LogP contribution in [-0.4, -0.2) is 63.1 Å². The normalized spacial score (nSPS) is 19.0. The van der Waals surface area contributed by atoms with Crippen LogP contribution in [0.5, 0.6) is 0 Å². The van der Waals surface area contributed by atoms with E-state index in [1.54, 1.807) is 6.20 Å². The number of aromatic nitrogens is 5. The molecule has 32 heavy (non-hydrogen) atoms. The molecule has 1 aliphatic heterocycles. The van der Waals surface area contributed by atoms with E-state index in [2.05, 4.69) is 48.2 Å². The zero-order chi connectivity index (χ0) is 22.7. The van der Waals surface area contributed by atoms with Gasteiger partial charge in [0, 0.05) is 38.0 Å². The standard InChI is InChI=1S/C23H34N8O/c1-6-18-20-21(31(29-18)10-11-32-7-2)22(26-19-12-15(3)8-9-24-19)28-23(27-20)30-13-16(4)25-17(5)14-30/h8-9,12,16-17,25H,6-7,10-11,13-14H2,1-5H3,(H,24,26,27,28)/t16-,17+. The van der Waals surface area contributed by atoms with Gasteiger partial charge in [-0.1, -0.05) is 6.92 Å². The largest absolute Gasteiger partial charge is 0.380 e. The number of ether oxygens (including phenoxy) is 1. The van der Waals surface area contributed by atoms with Gasteiger partial charge in [-0.15, -0.1) is 0 Å². The van der Waals surface area contributed by atoms with E-state index in [9.17, 15) is 0 Å². The minimum absolute atomic E-state index is 0.368. The van der Waals surface area contributed by atoms with E-state index >= 15 is 0 Å². The molecule has 2 atom stereocenters. The van der Waals surface area contributed by atoms with Crippen molar-refractivity contribution in [2.75, 3.05) is 36.5 Å². The number of nitrogens with one attached hydrogen (secondary N) is 2. The van der Waals surface area contributed by atoms with Crippen LogP contribution >= 0.6 is 0 Å². The highest BCUT2D eigenvalue weighted by atomic mass is 16.5. The SMILES string of the molecule is CCOCCn1nc(CC)c2nc(N3C[C@@H](C)N[C@@H](C)C3)nc(Nc3cc(C)ccn3)c21. The maximum atomic E-state index is 5.60. The number of hydrogen-bond acceptors (Lipinski definition) is 8. The minimum Gasteiger partial charge on any atom is -0.380 e. The molecule has 0 saturated carbocycles. The molecule has 0 bridgehead atoms. The van der Waals surface area contributed by atoms with Crippen LogP contribution in [0.4, 0.5) is 17.6 Å². The van der Waals surface area contributed by atoms with E-state index < -0.39 is 0 Å². The molecule has 2 N–H and O–H groups in total. The van der Waals surface area contributed by atoms with Gasteiger partial charge in [-0.2, -0.15) is 10.1 Å². The lowest BCUT2D eigenvalue weighted by Crippen LogP contribution is -2.54. The fraction of sp³-hybridized carbons (Fsp3) is 0.565. The lowest BCUT2D eigenvalue weighted by Gasteiger charge is -2.36. The molecule has 1 saturated heterocycles. The second kappa shape index (κ2) is 9.79. The Morgan fingerprint density at radius 3 is 2.66 bits per heavy atom. The van der Waals surface area contributed by atoms with E-state index in [1.165, 1.54) is 0 Å². The fourth-order valence-corrected chi connectivity index (χ4v) is 4.27. The first kappa shape index (κ1) is 22.4. The number of hydrogen-bond donors (Lipinski definition) is 2. The highest BCUT2D eigenvalue weighted by Gasteiger charge is 2.26. The number of aryl methyl sites for hydroxylation is 2. The van der Waals surface area contributed by atoms with Crippen LogP contribution in [0.25, 0.3) is 11.0 Å². The number of nitrogens with zero attached hydrogens (tertiary/aromatic N) is 6. The summed E-state index contributed by atoms with van der Waals surface area (Å²) in [7, 11) is 0. The molecule has 0 aromatic carbocycles. The number of rotatable bonds is 8. The van der Waals surface area contributed by atoms with Crippen molar-refractivity contribution < 1.29 is 4.74 Å². The fourth-order valence-electron chi connectivity index (χ4n) is 4.27. The van der Waals surface area contributed by atoms with Crippen molar-refractivity contribution in [3.8, 4) is 0 Å². The summed E-state index contributed by atoms with van der Waals surface area (Å²) in [6, 6.07) is 4.74. The second-order valence-corrected chi connectivity index (χ2v) is 8.51. The van der Waals surface area contributed by atoms with Crippen LogP contribution in [0.3, 0.4) is 0 Å². The predicted molar refractivity (Wildman–Crippen MR) is 128 cm³/mol. The Kier molecular flexibility index (Phi) is 6.86. The Labute approximate surface area is 189 Å². The Morgan fingerprint density at radius 1 is 1.19 bits per heavy atom. The minimum atomic E-state index is 0.368. The Balaban J connectivity index is 1.82. The van der Waals surface area contributed by atoms with Gasteiger partial charge in [-0.25, -0.2) is 9.97 Å². The van der Waals surface area contributed by atoms with Gasteiger partial charge in [-0.3, -0.25) is 4.68 Å². The van der Waals surface area contributed by atoms with E-state index in [0.29, 0.717) is 31.8 Å². The summed E-state index contributed by atoms with van der Waals surface area (Å²) in [5.74, 6) is 2.21. The number of fused-ring (bicyclic) bond motifs is 1. The molecule has 0 spiro atoms. The Morgan fingerprint density at radius 2 is 1.97 bits per heavy atom. The van der Waals surface area contributed by atoms with Crippen LogP contribution < -0.4 is 15.5 Å². The summed E-state index contributed by atoms with van der Waals surface area (Å²) in [4.78, 5) is 16.8. The molecule has 0 amide bonds. The van der Waals surface area contributed by atoms with Crippen molar-refractivity contribution in [3.63, 3.8) is 0 Å². The van der Waals surface area contributed by atoms with Crippen molar-refractivity contribution in [3.05, 3.63) is 29.6 Å². The highest BCUT2D eigenvalue weighted by Crippen LogP contribution is 2.29. The summed E-state index contributed by atoms with van der Waals surface area (Å²) < 4.78 is 7.56. The number of piperazine rings is 1. The van der Waals surface area contributed by atoms with Gasteiger partial charge < -0.3 is 20.3 Å². The first-order chi connectivity index (χ1) is 15.5. The van der Waals surface area contributed by atoms with E-state index in [-0.39, 0.29) is 0 Å². The van der Waals surface area contributed by atoms with Crippen LogP contribution in [0.1, 0.15) is 39.0 Å². The van der Waals surface area contributed by atoms with Crippen LogP contribution in [0.2, 0.25) is 0 Å². The molecule has 1 aliphatic rings. The van der Waals surface area contributed by atoms with E-state index in [1.807, 2.05) is 23.7 Å². The van der Waals surface area contributed by atoms with E-state index in [4.69, 9.17) is 19.8 Å². The molecule has 0 unspecified atom stereocenters. The van der Waals surface area contributed by atoms with Gasteiger partial charge in [0.05, 0.1) is 18.8 Å². The van der Waals surface area contributed by atoms with Gasteiger partial charge >= 0.3 is 0 Å². The maximum Gasteiger partial charge on any atom is 0.228 e. The second-order valence-electron chi connectivity index (χ2n) is 8.51. The van der Waals surface area contributed by atoms with Gasteiger partial charge in [0.2, 0.25) is 5.95 Å². The molecule has 9 nitrogen and oxygen atoms in total. The van der Waals surface area contributed by atoms with E-state index in [0.717, 1.165) is 59.4 Å².